The van der Waals surface area contributed by atoms with Gasteiger partial charge in [0, 0.05) is 13.2 Å². The first-order chi connectivity index (χ1) is 7.66. The Kier molecular flexibility index (Phi) is 3.34. The molecule has 1 atom stereocenters. The van der Waals surface area contributed by atoms with Crippen LogP contribution in [0.2, 0.25) is 0 Å². The summed E-state index contributed by atoms with van der Waals surface area (Å²) < 4.78 is 5.57. The third-order valence-electron chi connectivity index (χ3n) is 3.21. The Morgan fingerprint density at radius 2 is 2.12 bits per heavy atom. The largest absolute Gasteiger partial charge is 0.397 e. The molecule has 0 amide bonds. The minimum atomic E-state index is 0.348. The first-order valence-corrected chi connectivity index (χ1v) is 5.89. The van der Waals surface area contributed by atoms with E-state index in [0.717, 1.165) is 30.9 Å². The van der Waals surface area contributed by atoms with Crippen molar-refractivity contribution < 1.29 is 4.74 Å². The van der Waals surface area contributed by atoms with Gasteiger partial charge < -0.3 is 15.8 Å². The molecule has 1 unspecified atom stereocenters. The second kappa shape index (κ2) is 4.74. The molecular formula is C13H20N2O. The average Bonchev–Trinajstić information content (AvgIpc) is 2.74. The van der Waals surface area contributed by atoms with Crippen LogP contribution in [0.25, 0.3) is 0 Å². The standard InChI is InChI=1S/C13H20N2O/c1-9-6-12(14)13(7-10(9)2)15-8-11-4-3-5-16-11/h6-7,11,15H,3-5,8,14H2,1-2H3. The molecule has 3 heteroatoms. The Morgan fingerprint density at radius 1 is 1.38 bits per heavy atom. The van der Waals surface area contributed by atoms with E-state index in [9.17, 15) is 0 Å². The third-order valence-corrected chi connectivity index (χ3v) is 3.21. The number of benzene rings is 1. The van der Waals surface area contributed by atoms with E-state index in [1.807, 2.05) is 6.07 Å². The van der Waals surface area contributed by atoms with Crippen molar-refractivity contribution >= 4 is 11.4 Å². The molecule has 0 saturated carbocycles. The summed E-state index contributed by atoms with van der Waals surface area (Å²) in [5.41, 5.74) is 10.3. The molecule has 0 spiro atoms. The Hall–Kier alpha value is -1.22. The molecule has 16 heavy (non-hydrogen) atoms. The van der Waals surface area contributed by atoms with Crippen molar-refractivity contribution in [3.05, 3.63) is 23.3 Å². The van der Waals surface area contributed by atoms with Gasteiger partial charge in [0.05, 0.1) is 17.5 Å². The number of nitrogen functional groups attached to an aromatic ring is 1. The summed E-state index contributed by atoms with van der Waals surface area (Å²) in [5.74, 6) is 0. The zero-order valence-electron chi connectivity index (χ0n) is 10.0. The SMILES string of the molecule is Cc1cc(N)c(NCC2CCCO2)cc1C. The molecule has 0 aliphatic carbocycles. The summed E-state index contributed by atoms with van der Waals surface area (Å²) >= 11 is 0. The van der Waals surface area contributed by atoms with Crippen LogP contribution < -0.4 is 11.1 Å². The van der Waals surface area contributed by atoms with E-state index in [4.69, 9.17) is 10.5 Å². The van der Waals surface area contributed by atoms with Crippen LogP contribution in [0, 0.1) is 13.8 Å². The van der Waals surface area contributed by atoms with E-state index in [-0.39, 0.29) is 0 Å². The number of nitrogens with one attached hydrogen (secondary N) is 1. The van der Waals surface area contributed by atoms with Crippen LogP contribution in [0.1, 0.15) is 24.0 Å². The van der Waals surface area contributed by atoms with Crippen LogP contribution in [-0.4, -0.2) is 19.3 Å². The van der Waals surface area contributed by atoms with Gasteiger partial charge in [0.2, 0.25) is 0 Å². The summed E-state index contributed by atoms with van der Waals surface area (Å²) in [6.07, 6.45) is 2.67. The molecule has 1 aromatic rings. The predicted molar refractivity (Wildman–Crippen MR) is 67.8 cm³/mol. The van der Waals surface area contributed by atoms with Crippen molar-refractivity contribution in [2.24, 2.45) is 0 Å². The van der Waals surface area contributed by atoms with Crippen LogP contribution in [-0.2, 0) is 4.74 Å². The fraction of sp³-hybridized carbons (Fsp3) is 0.538. The van der Waals surface area contributed by atoms with Crippen molar-refractivity contribution in [1.82, 2.24) is 0 Å². The molecule has 0 aromatic heterocycles. The summed E-state index contributed by atoms with van der Waals surface area (Å²) in [6, 6.07) is 4.13. The summed E-state index contributed by atoms with van der Waals surface area (Å²) in [7, 11) is 0. The van der Waals surface area contributed by atoms with E-state index in [2.05, 4.69) is 25.2 Å². The number of ether oxygens (including phenoxy) is 1. The highest BCUT2D eigenvalue weighted by molar-refractivity contribution is 5.68. The van der Waals surface area contributed by atoms with E-state index < -0.39 is 0 Å². The molecule has 88 valence electrons. The Balaban J connectivity index is 2.00. The molecule has 0 radical (unpaired) electrons. The van der Waals surface area contributed by atoms with Crippen molar-refractivity contribution in [2.45, 2.75) is 32.8 Å². The van der Waals surface area contributed by atoms with Crippen molar-refractivity contribution in [1.29, 1.82) is 0 Å². The Morgan fingerprint density at radius 3 is 2.81 bits per heavy atom. The predicted octanol–water partition coefficient (Wildman–Crippen LogP) is 2.48. The van der Waals surface area contributed by atoms with E-state index in [0.29, 0.717) is 6.10 Å². The van der Waals surface area contributed by atoms with Gasteiger partial charge in [-0.15, -0.1) is 0 Å². The first-order valence-electron chi connectivity index (χ1n) is 5.89. The molecule has 3 N–H and O–H groups in total. The van der Waals surface area contributed by atoms with Gasteiger partial charge in [-0.05, 0) is 49.9 Å². The molecule has 3 nitrogen and oxygen atoms in total. The number of anilines is 2. The Labute approximate surface area is 97.0 Å². The first kappa shape index (κ1) is 11.3. The maximum atomic E-state index is 5.97. The molecule has 0 bridgehead atoms. The van der Waals surface area contributed by atoms with Gasteiger partial charge in [-0.2, -0.15) is 0 Å². The lowest BCUT2D eigenvalue weighted by Gasteiger charge is -2.15. The molecular weight excluding hydrogens is 200 g/mol. The third kappa shape index (κ3) is 2.47. The van der Waals surface area contributed by atoms with Crippen molar-refractivity contribution in [3.8, 4) is 0 Å². The molecule has 1 aliphatic rings. The molecule has 1 aliphatic heterocycles. The van der Waals surface area contributed by atoms with Crippen molar-refractivity contribution in [2.75, 3.05) is 24.2 Å². The Bertz CT molecular complexity index is 370. The van der Waals surface area contributed by atoms with E-state index in [1.165, 1.54) is 17.5 Å². The van der Waals surface area contributed by atoms with Crippen LogP contribution in [0.5, 0.6) is 0 Å². The minimum absolute atomic E-state index is 0.348. The van der Waals surface area contributed by atoms with E-state index >= 15 is 0 Å². The lowest BCUT2D eigenvalue weighted by Crippen LogP contribution is -2.19. The lowest BCUT2D eigenvalue weighted by atomic mass is 10.1. The topological polar surface area (TPSA) is 47.3 Å². The summed E-state index contributed by atoms with van der Waals surface area (Å²) in [6.45, 7) is 5.93. The van der Waals surface area contributed by atoms with Crippen LogP contribution in [0.3, 0.4) is 0 Å². The second-order valence-electron chi connectivity index (χ2n) is 4.54. The fourth-order valence-electron chi connectivity index (χ4n) is 2.02. The monoisotopic (exact) mass is 220 g/mol. The highest BCUT2D eigenvalue weighted by Gasteiger charge is 2.15. The lowest BCUT2D eigenvalue weighted by molar-refractivity contribution is 0.120. The number of hydrogen-bond donors (Lipinski definition) is 2. The fourth-order valence-corrected chi connectivity index (χ4v) is 2.02. The molecule has 2 rings (SSSR count). The minimum Gasteiger partial charge on any atom is -0.397 e. The quantitative estimate of drug-likeness (QED) is 0.769. The molecule has 1 heterocycles. The number of hydrogen-bond acceptors (Lipinski definition) is 3. The summed E-state index contributed by atoms with van der Waals surface area (Å²) in [4.78, 5) is 0. The van der Waals surface area contributed by atoms with Gasteiger partial charge in [-0.3, -0.25) is 0 Å². The maximum Gasteiger partial charge on any atom is 0.0748 e. The van der Waals surface area contributed by atoms with Crippen LogP contribution in [0.4, 0.5) is 11.4 Å². The number of aryl methyl sites for hydroxylation is 2. The second-order valence-corrected chi connectivity index (χ2v) is 4.54. The van der Waals surface area contributed by atoms with E-state index in [1.54, 1.807) is 0 Å². The normalized spacial score (nSPS) is 20.0. The zero-order chi connectivity index (χ0) is 11.5. The average molecular weight is 220 g/mol. The smallest absolute Gasteiger partial charge is 0.0748 e. The van der Waals surface area contributed by atoms with Gasteiger partial charge in [-0.25, -0.2) is 0 Å². The van der Waals surface area contributed by atoms with Crippen molar-refractivity contribution in [3.63, 3.8) is 0 Å². The zero-order valence-corrected chi connectivity index (χ0v) is 10.0. The van der Waals surface area contributed by atoms with Gasteiger partial charge in [-0.1, -0.05) is 0 Å². The number of rotatable bonds is 3. The molecule has 1 fully saturated rings. The van der Waals surface area contributed by atoms with Gasteiger partial charge in [0.25, 0.3) is 0 Å². The van der Waals surface area contributed by atoms with Gasteiger partial charge >= 0.3 is 0 Å². The highest BCUT2D eigenvalue weighted by atomic mass is 16.5. The molecule has 1 saturated heterocycles. The van der Waals surface area contributed by atoms with Gasteiger partial charge in [0.1, 0.15) is 0 Å². The molecule has 1 aromatic carbocycles. The van der Waals surface area contributed by atoms with Crippen LogP contribution in [0.15, 0.2) is 12.1 Å². The number of nitrogens with two attached hydrogens (primary N) is 1. The maximum absolute atomic E-state index is 5.97. The van der Waals surface area contributed by atoms with Crippen LogP contribution >= 0.6 is 0 Å². The van der Waals surface area contributed by atoms with Gasteiger partial charge in [0.15, 0.2) is 0 Å². The highest BCUT2D eigenvalue weighted by Crippen LogP contribution is 2.23. The summed E-state index contributed by atoms with van der Waals surface area (Å²) in [5, 5.41) is 3.37.